The average molecular weight is 364 g/mol. The van der Waals surface area contributed by atoms with Crippen molar-refractivity contribution in [2.24, 2.45) is 17.6 Å². The molecule has 0 aliphatic heterocycles. The minimum Gasteiger partial charge on any atom is -0.449 e. The van der Waals surface area contributed by atoms with Crippen LogP contribution in [0.3, 0.4) is 0 Å². The number of ether oxygens (including phenoxy) is 1. The van der Waals surface area contributed by atoms with Gasteiger partial charge in [-0.15, -0.1) is 0 Å². The van der Waals surface area contributed by atoms with Gasteiger partial charge in [0.1, 0.15) is 6.61 Å². The number of nitrogens with one attached hydrogen (secondary N) is 1. The molecule has 2 atom stereocenters. The molecule has 1 fully saturated rings. The molecule has 142 valence electrons. The zero-order valence-corrected chi connectivity index (χ0v) is 15.7. The van der Waals surface area contributed by atoms with Crippen LogP contribution in [0.25, 0.3) is 11.1 Å². The molecule has 27 heavy (non-hydrogen) atoms. The summed E-state index contributed by atoms with van der Waals surface area (Å²) in [6.45, 7) is 1.81. The smallest absolute Gasteiger partial charge is 0.407 e. The van der Waals surface area contributed by atoms with Crippen LogP contribution in [0.1, 0.15) is 42.7 Å². The molecule has 0 bridgehead atoms. The van der Waals surface area contributed by atoms with Crippen LogP contribution in [-0.4, -0.2) is 25.8 Å². The normalized spacial score (nSPS) is 21.4. The van der Waals surface area contributed by atoms with E-state index in [0.717, 1.165) is 13.0 Å². The van der Waals surface area contributed by atoms with Crippen molar-refractivity contribution in [1.82, 2.24) is 5.32 Å². The number of rotatable bonds is 5. The monoisotopic (exact) mass is 364 g/mol. The number of carbonyl (C=O) groups excluding carboxylic acids is 1. The van der Waals surface area contributed by atoms with E-state index in [2.05, 4.69) is 53.8 Å². The number of hydrogen-bond donors (Lipinski definition) is 2. The van der Waals surface area contributed by atoms with E-state index in [-0.39, 0.29) is 12.0 Å². The minimum atomic E-state index is -0.313. The van der Waals surface area contributed by atoms with Crippen molar-refractivity contribution in [1.29, 1.82) is 0 Å². The summed E-state index contributed by atoms with van der Waals surface area (Å²) in [7, 11) is 0. The third-order valence-electron chi connectivity index (χ3n) is 6.10. The summed E-state index contributed by atoms with van der Waals surface area (Å²) in [6.07, 6.45) is 4.39. The van der Waals surface area contributed by atoms with Gasteiger partial charge in [-0.1, -0.05) is 55.0 Å². The second-order valence-corrected chi connectivity index (χ2v) is 7.84. The second kappa shape index (κ2) is 8.13. The van der Waals surface area contributed by atoms with Crippen molar-refractivity contribution in [2.75, 3.05) is 19.7 Å². The number of hydrogen-bond acceptors (Lipinski definition) is 3. The van der Waals surface area contributed by atoms with E-state index in [9.17, 15) is 4.79 Å². The average Bonchev–Trinajstić information content (AvgIpc) is 3.05. The number of fused-ring (bicyclic) bond motifs is 3. The summed E-state index contributed by atoms with van der Waals surface area (Å²) in [6, 6.07) is 16.8. The molecule has 0 heterocycles. The Hall–Kier alpha value is -2.33. The molecule has 2 aliphatic rings. The Morgan fingerprint density at radius 3 is 2.30 bits per heavy atom. The molecular formula is C23H28N2O2. The van der Waals surface area contributed by atoms with Crippen molar-refractivity contribution in [3.8, 4) is 11.1 Å². The summed E-state index contributed by atoms with van der Waals surface area (Å²) in [5.41, 5.74) is 10.8. The molecule has 3 N–H and O–H groups in total. The fraction of sp³-hybridized carbons (Fsp3) is 0.435. The first-order valence-corrected chi connectivity index (χ1v) is 10.0. The number of benzene rings is 2. The number of alkyl carbamates (subject to hydrolysis) is 1. The van der Waals surface area contributed by atoms with Gasteiger partial charge < -0.3 is 15.8 Å². The Bertz CT molecular complexity index is 759. The van der Waals surface area contributed by atoms with Crippen LogP contribution in [0, 0.1) is 11.8 Å². The maximum atomic E-state index is 12.3. The van der Waals surface area contributed by atoms with Crippen LogP contribution in [0.15, 0.2) is 48.5 Å². The molecule has 0 aromatic heterocycles. The van der Waals surface area contributed by atoms with Crippen molar-refractivity contribution in [3.63, 3.8) is 0 Å². The van der Waals surface area contributed by atoms with Gasteiger partial charge in [0.25, 0.3) is 0 Å². The van der Waals surface area contributed by atoms with Crippen molar-refractivity contribution in [2.45, 2.75) is 31.6 Å². The van der Waals surface area contributed by atoms with Crippen molar-refractivity contribution < 1.29 is 9.53 Å². The maximum absolute atomic E-state index is 12.3. The number of nitrogens with two attached hydrogens (primary N) is 1. The highest BCUT2D eigenvalue weighted by atomic mass is 16.5. The number of carbonyl (C=O) groups is 1. The lowest BCUT2D eigenvalue weighted by molar-refractivity contribution is 0.139. The van der Waals surface area contributed by atoms with Gasteiger partial charge in [-0.2, -0.15) is 0 Å². The third kappa shape index (κ3) is 3.86. The first-order chi connectivity index (χ1) is 13.3. The molecule has 0 radical (unpaired) electrons. The van der Waals surface area contributed by atoms with Crippen LogP contribution in [0.2, 0.25) is 0 Å². The Morgan fingerprint density at radius 1 is 1.00 bits per heavy atom. The molecule has 2 aliphatic carbocycles. The zero-order chi connectivity index (χ0) is 18.6. The molecule has 0 saturated heterocycles. The fourth-order valence-corrected chi connectivity index (χ4v) is 4.68. The number of amides is 1. The lowest BCUT2D eigenvalue weighted by Crippen LogP contribution is -2.34. The molecule has 4 rings (SSSR count). The maximum Gasteiger partial charge on any atom is 0.407 e. The van der Waals surface area contributed by atoms with Crippen molar-refractivity contribution >= 4 is 6.09 Å². The Morgan fingerprint density at radius 2 is 1.63 bits per heavy atom. The van der Waals surface area contributed by atoms with Gasteiger partial charge in [-0.25, -0.2) is 4.79 Å². The molecule has 2 aromatic carbocycles. The van der Waals surface area contributed by atoms with Crippen LogP contribution < -0.4 is 11.1 Å². The summed E-state index contributed by atoms with van der Waals surface area (Å²) in [5.74, 6) is 1.24. The Kier molecular flexibility index (Phi) is 5.44. The molecule has 4 nitrogen and oxygen atoms in total. The van der Waals surface area contributed by atoms with E-state index in [1.807, 2.05) is 0 Å². The molecule has 1 amide bonds. The van der Waals surface area contributed by atoms with E-state index < -0.39 is 0 Å². The zero-order valence-electron chi connectivity index (χ0n) is 15.7. The van der Waals surface area contributed by atoms with Gasteiger partial charge >= 0.3 is 6.09 Å². The molecule has 0 unspecified atom stereocenters. The third-order valence-corrected chi connectivity index (χ3v) is 6.10. The van der Waals surface area contributed by atoms with Gasteiger partial charge in [-0.3, -0.25) is 0 Å². The summed E-state index contributed by atoms with van der Waals surface area (Å²) in [5, 5.41) is 2.97. The van der Waals surface area contributed by atoms with Crippen LogP contribution in [0.4, 0.5) is 4.79 Å². The summed E-state index contributed by atoms with van der Waals surface area (Å²) >= 11 is 0. The Labute approximate surface area is 161 Å². The van der Waals surface area contributed by atoms with E-state index >= 15 is 0 Å². The summed E-state index contributed by atoms with van der Waals surface area (Å²) in [4.78, 5) is 12.3. The minimum absolute atomic E-state index is 0.111. The van der Waals surface area contributed by atoms with Gasteiger partial charge in [0, 0.05) is 12.5 Å². The first kappa shape index (κ1) is 18.1. The van der Waals surface area contributed by atoms with Crippen LogP contribution >= 0.6 is 0 Å². The van der Waals surface area contributed by atoms with Gasteiger partial charge in [0.2, 0.25) is 0 Å². The van der Waals surface area contributed by atoms with Gasteiger partial charge in [-0.05, 0) is 59.9 Å². The van der Waals surface area contributed by atoms with E-state index in [4.69, 9.17) is 10.5 Å². The highest BCUT2D eigenvalue weighted by Crippen LogP contribution is 2.44. The molecule has 1 saturated carbocycles. The highest BCUT2D eigenvalue weighted by Gasteiger charge is 2.29. The predicted octanol–water partition coefficient (Wildman–Crippen LogP) is 4.29. The SMILES string of the molecule is NC[C@@H]1CCC[C@H](CNC(=O)OCC2c3ccccc3-c3ccccc32)C1. The van der Waals surface area contributed by atoms with E-state index in [1.165, 1.54) is 41.5 Å². The molecule has 0 spiro atoms. The predicted molar refractivity (Wildman–Crippen MR) is 108 cm³/mol. The lowest BCUT2D eigenvalue weighted by Gasteiger charge is -2.28. The molecular weight excluding hydrogens is 336 g/mol. The van der Waals surface area contributed by atoms with E-state index in [1.54, 1.807) is 0 Å². The topological polar surface area (TPSA) is 64.3 Å². The lowest BCUT2D eigenvalue weighted by atomic mass is 9.81. The quantitative estimate of drug-likeness (QED) is 0.832. The fourth-order valence-electron chi connectivity index (χ4n) is 4.68. The first-order valence-electron chi connectivity index (χ1n) is 10.0. The van der Waals surface area contributed by atoms with E-state index in [0.29, 0.717) is 25.0 Å². The second-order valence-electron chi connectivity index (χ2n) is 7.84. The van der Waals surface area contributed by atoms with Gasteiger partial charge in [0.05, 0.1) is 0 Å². The highest BCUT2D eigenvalue weighted by molar-refractivity contribution is 5.79. The Balaban J connectivity index is 1.34. The largest absolute Gasteiger partial charge is 0.449 e. The molecule has 2 aromatic rings. The summed E-state index contributed by atoms with van der Waals surface area (Å²) < 4.78 is 5.61. The van der Waals surface area contributed by atoms with Crippen LogP contribution in [0.5, 0.6) is 0 Å². The standard InChI is InChI=1S/C23H28N2O2/c24-13-16-6-5-7-17(12-16)14-25-23(26)27-15-22-20-10-3-1-8-18(20)19-9-2-4-11-21(19)22/h1-4,8-11,16-17,22H,5-7,12-15,24H2,(H,25,26)/t16-,17+/m1/s1. The molecule has 4 heteroatoms. The van der Waals surface area contributed by atoms with Crippen molar-refractivity contribution in [3.05, 3.63) is 59.7 Å². The van der Waals surface area contributed by atoms with Gasteiger partial charge in [0.15, 0.2) is 0 Å². The van der Waals surface area contributed by atoms with Crippen LogP contribution in [-0.2, 0) is 4.74 Å².